The summed E-state index contributed by atoms with van der Waals surface area (Å²) in [6.07, 6.45) is 0. The summed E-state index contributed by atoms with van der Waals surface area (Å²) in [4.78, 5) is 6.87. The third-order valence-corrected chi connectivity index (χ3v) is 4.37. The minimum absolute atomic E-state index is 0.450. The highest BCUT2D eigenvalue weighted by molar-refractivity contribution is 8.14. The zero-order valence-electron chi connectivity index (χ0n) is 12.4. The highest BCUT2D eigenvalue weighted by Gasteiger charge is 2.21. The van der Waals surface area contributed by atoms with Crippen LogP contribution in [-0.2, 0) is 0 Å². The van der Waals surface area contributed by atoms with E-state index in [0.29, 0.717) is 12.0 Å². The number of nitrogens with zero attached hydrogens (tertiary/aromatic N) is 2. The molecule has 3 nitrogen and oxygen atoms in total. The van der Waals surface area contributed by atoms with E-state index in [0.717, 1.165) is 16.6 Å². The van der Waals surface area contributed by atoms with Crippen LogP contribution in [-0.4, -0.2) is 31.1 Å². The van der Waals surface area contributed by atoms with Gasteiger partial charge in [0.2, 0.25) is 0 Å². The van der Waals surface area contributed by atoms with Crippen LogP contribution in [0.15, 0.2) is 23.2 Å². The van der Waals surface area contributed by atoms with Crippen LogP contribution in [0, 0.1) is 12.8 Å². The monoisotopic (exact) mass is 277 g/mol. The van der Waals surface area contributed by atoms with E-state index in [9.17, 15) is 0 Å². The first kappa shape index (κ1) is 14.3. The number of hydrogen-bond acceptors (Lipinski definition) is 4. The van der Waals surface area contributed by atoms with Crippen molar-refractivity contribution in [1.82, 2.24) is 0 Å². The summed E-state index contributed by atoms with van der Waals surface area (Å²) in [5.41, 5.74) is 3.65. The van der Waals surface area contributed by atoms with E-state index in [1.54, 1.807) is 0 Å². The van der Waals surface area contributed by atoms with Crippen LogP contribution in [0.5, 0.6) is 0 Å². The summed E-state index contributed by atoms with van der Waals surface area (Å²) in [6.45, 7) is 6.59. The number of nitrogens with one attached hydrogen (secondary N) is 1. The Morgan fingerprint density at radius 2 is 2.11 bits per heavy atom. The normalized spacial score (nSPS) is 18.6. The van der Waals surface area contributed by atoms with E-state index in [4.69, 9.17) is 4.99 Å². The quantitative estimate of drug-likeness (QED) is 0.915. The van der Waals surface area contributed by atoms with Crippen molar-refractivity contribution >= 4 is 28.3 Å². The van der Waals surface area contributed by atoms with E-state index >= 15 is 0 Å². The largest absolute Gasteiger partial charge is 0.377 e. The van der Waals surface area contributed by atoms with E-state index in [1.165, 1.54) is 11.3 Å². The first-order chi connectivity index (χ1) is 8.97. The van der Waals surface area contributed by atoms with Crippen molar-refractivity contribution in [2.45, 2.75) is 26.8 Å². The Hall–Kier alpha value is -1.16. The second-order valence-corrected chi connectivity index (χ2v) is 6.59. The molecule has 1 aromatic carbocycles. The molecule has 0 amide bonds. The Bertz CT molecular complexity index is 480. The second-order valence-electron chi connectivity index (χ2n) is 5.58. The van der Waals surface area contributed by atoms with Crippen molar-refractivity contribution in [2.75, 3.05) is 30.1 Å². The number of rotatable bonds is 3. The van der Waals surface area contributed by atoms with Crippen molar-refractivity contribution in [1.29, 1.82) is 0 Å². The van der Waals surface area contributed by atoms with Crippen LogP contribution in [0.1, 0.15) is 19.4 Å². The number of amidine groups is 1. The lowest BCUT2D eigenvalue weighted by Gasteiger charge is -2.17. The molecule has 1 aromatic rings. The smallest absolute Gasteiger partial charge is 0.161 e. The molecule has 0 aliphatic carbocycles. The number of anilines is 2. The molecule has 1 N–H and O–H groups in total. The molecular weight excluding hydrogens is 254 g/mol. The molecule has 19 heavy (non-hydrogen) atoms. The zero-order chi connectivity index (χ0) is 14.0. The van der Waals surface area contributed by atoms with Crippen LogP contribution in [0.25, 0.3) is 0 Å². The van der Waals surface area contributed by atoms with Crippen molar-refractivity contribution in [3.8, 4) is 0 Å². The van der Waals surface area contributed by atoms with E-state index in [2.05, 4.69) is 63.3 Å². The SMILES string of the molecule is Cc1ccc(NC2=N[C@@H](C(C)C)CS2)cc1N(C)C. The van der Waals surface area contributed by atoms with Crippen LogP contribution in [0.4, 0.5) is 11.4 Å². The summed E-state index contributed by atoms with van der Waals surface area (Å²) in [6, 6.07) is 6.90. The lowest BCUT2D eigenvalue weighted by atomic mass is 10.1. The number of thioether (sulfide) groups is 1. The van der Waals surface area contributed by atoms with Gasteiger partial charge in [-0.2, -0.15) is 0 Å². The fraction of sp³-hybridized carbons (Fsp3) is 0.533. The molecule has 0 radical (unpaired) electrons. The van der Waals surface area contributed by atoms with Gasteiger partial charge in [-0.15, -0.1) is 0 Å². The van der Waals surface area contributed by atoms with Gasteiger partial charge in [0.25, 0.3) is 0 Å². The Labute approximate surface area is 120 Å². The van der Waals surface area contributed by atoms with Gasteiger partial charge in [0.1, 0.15) is 0 Å². The molecule has 2 rings (SSSR count). The molecule has 1 aliphatic heterocycles. The minimum atomic E-state index is 0.450. The molecule has 0 saturated carbocycles. The minimum Gasteiger partial charge on any atom is -0.377 e. The maximum absolute atomic E-state index is 4.73. The van der Waals surface area contributed by atoms with Gasteiger partial charge in [-0.3, -0.25) is 4.99 Å². The van der Waals surface area contributed by atoms with Gasteiger partial charge >= 0.3 is 0 Å². The van der Waals surface area contributed by atoms with Gasteiger partial charge in [-0.1, -0.05) is 31.7 Å². The van der Waals surface area contributed by atoms with Crippen LogP contribution < -0.4 is 10.2 Å². The van der Waals surface area contributed by atoms with E-state index < -0.39 is 0 Å². The van der Waals surface area contributed by atoms with Gasteiger partial charge < -0.3 is 10.2 Å². The Morgan fingerprint density at radius 1 is 1.37 bits per heavy atom. The van der Waals surface area contributed by atoms with Gasteiger partial charge in [-0.05, 0) is 30.5 Å². The molecule has 1 heterocycles. The molecular formula is C15H23N3S. The van der Waals surface area contributed by atoms with Crippen LogP contribution in [0.2, 0.25) is 0 Å². The number of benzene rings is 1. The van der Waals surface area contributed by atoms with Gasteiger partial charge in [0.15, 0.2) is 5.17 Å². The highest BCUT2D eigenvalue weighted by Crippen LogP contribution is 2.27. The molecule has 0 saturated heterocycles. The number of hydrogen-bond donors (Lipinski definition) is 1. The summed E-state index contributed by atoms with van der Waals surface area (Å²) >= 11 is 1.82. The Morgan fingerprint density at radius 3 is 2.68 bits per heavy atom. The lowest BCUT2D eigenvalue weighted by molar-refractivity contribution is 0.543. The van der Waals surface area contributed by atoms with Crippen LogP contribution in [0.3, 0.4) is 0 Å². The molecule has 0 spiro atoms. The van der Waals surface area contributed by atoms with Crippen LogP contribution >= 0.6 is 11.8 Å². The first-order valence-corrected chi connectivity index (χ1v) is 7.71. The fourth-order valence-corrected chi connectivity index (χ4v) is 3.28. The fourth-order valence-electron chi connectivity index (χ4n) is 2.09. The predicted molar refractivity (Wildman–Crippen MR) is 87.6 cm³/mol. The first-order valence-electron chi connectivity index (χ1n) is 6.73. The number of aliphatic imine (C=N–C) groups is 1. The summed E-state index contributed by atoms with van der Waals surface area (Å²) in [5.74, 6) is 1.70. The third-order valence-electron chi connectivity index (χ3n) is 3.39. The molecule has 0 bridgehead atoms. The second kappa shape index (κ2) is 5.87. The summed E-state index contributed by atoms with van der Waals surface area (Å²) < 4.78 is 0. The average molecular weight is 277 g/mol. The summed E-state index contributed by atoms with van der Waals surface area (Å²) in [5, 5.41) is 4.48. The molecule has 4 heteroatoms. The maximum atomic E-state index is 4.73. The van der Waals surface area contributed by atoms with Crippen molar-refractivity contribution in [3.05, 3.63) is 23.8 Å². The Balaban J connectivity index is 2.12. The van der Waals surface area contributed by atoms with Crippen molar-refractivity contribution in [3.63, 3.8) is 0 Å². The van der Waals surface area contributed by atoms with Gasteiger partial charge in [0, 0.05) is 31.2 Å². The maximum Gasteiger partial charge on any atom is 0.161 e. The van der Waals surface area contributed by atoms with Gasteiger partial charge in [0.05, 0.1) is 6.04 Å². The molecule has 0 fully saturated rings. The van der Waals surface area contributed by atoms with Crippen molar-refractivity contribution in [2.24, 2.45) is 10.9 Å². The third kappa shape index (κ3) is 3.44. The molecule has 104 valence electrons. The molecule has 0 unspecified atom stereocenters. The predicted octanol–water partition coefficient (Wildman–Crippen LogP) is 3.60. The number of aryl methyl sites for hydroxylation is 1. The van der Waals surface area contributed by atoms with E-state index in [-0.39, 0.29) is 0 Å². The van der Waals surface area contributed by atoms with Crippen molar-refractivity contribution < 1.29 is 0 Å². The highest BCUT2D eigenvalue weighted by atomic mass is 32.2. The zero-order valence-corrected chi connectivity index (χ0v) is 13.2. The standard InChI is InChI=1S/C15H23N3S/c1-10(2)13-9-19-15(17-13)16-12-7-6-11(3)14(8-12)18(4)5/h6-8,10,13H,9H2,1-5H3,(H,16,17)/t13-/m1/s1. The average Bonchev–Trinajstić information content (AvgIpc) is 2.80. The Kier molecular flexibility index (Phi) is 4.40. The van der Waals surface area contributed by atoms with Gasteiger partial charge in [-0.25, -0.2) is 0 Å². The molecule has 1 aliphatic rings. The molecule has 0 aromatic heterocycles. The summed E-state index contributed by atoms with van der Waals surface area (Å²) in [7, 11) is 4.14. The lowest BCUT2D eigenvalue weighted by Crippen LogP contribution is -2.13. The topological polar surface area (TPSA) is 27.6 Å². The van der Waals surface area contributed by atoms with E-state index in [1.807, 2.05) is 11.8 Å². The molecule has 1 atom stereocenters.